The molecule has 112 valence electrons. The van der Waals surface area contributed by atoms with Crippen molar-refractivity contribution in [3.8, 4) is 5.75 Å². The first-order valence-electron chi connectivity index (χ1n) is 7.74. The summed E-state index contributed by atoms with van der Waals surface area (Å²) in [5.74, 6) is 1.47. The molecule has 0 aromatic heterocycles. The standard InChI is InChI=1S/C17H28N2O/c1-5-13-6-7-14(11(2)3)16(17(13)20)15-8-12(9-18)10-19(15)4/h6-7,11-12,15,20H,5,8-10,18H2,1-4H3. The Hall–Kier alpha value is -1.06. The Labute approximate surface area is 122 Å². The lowest BCUT2D eigenvalue weighted by atomic mass is 9.87. The lowest BCUT2D eigenvalue weighted by molar-refractivity contribution is 0.303. The van der Waals surface area contributed by atoms with Crippen LogP contribution in [0.25, 0.3) is 0 Å². The van der Waals surface area contributed by atoms with Crippen LogP contribution in [0.1, 0.15) is 55.8 Å². The summed E-state index contributed by atoms with van der Waals surface area (Å²) in [6, 6.07) is 4.57. The van der Waals surface area contributed by atoms with Gasteiger partial charge >= 0.3 is 0 Å². The van der Waals surface area contributed by atoms with Gasteiger partial charge in [0.2, 0.25) is 0 Å². The van der Waals surface area contributed by atoms with Crippen LogP contribution in [0.3, 0.4) is 0 Å². The van der Waals surface area contributed by atoms with Crippen molar-refractivity contribution >= 4 is 0 Å². The minimum absolute atomic E-state index is 0.299. The van der Waals surface area contributed by atoms with Crippen LogP contribution in [0.4, 0.5) is 0 Å². The molecule has 3 N–H and O–H groups in total. The predicted octanol–water partition coefficient (Wildman–Crippen LogP) is 3.03. The molecule has 1 aliphatic rings. The second-order valence-electron chi connectivity index (χ2n) is 6.38. The van der Waals surface area contributed by atoms with Crippen LogP contribution >= 0.6 is 0 Å². The summed E-state index contributed by atoms with van der Waals surface area (Å²) in [5.41, 5.74) is 9.30. The second kappa shape index (κ2) is 6.15. The largest absolute Gasteiger partial charge is 0.507 e. The van der Waals surface area contributed by atoms with Gasteiger partial charge in [0.15, 0.2) is 0 Å². The molecule has 1 aromatic carbocycles. The van der Waals surface area contributed by atoms with Crippen LogP contribution in [0.15, 0.2) is 12.1 Å². The van der Waals surface area contributed by atoms with Gasteiger partial charge in [0.05, 0.1) is 0 Å². The molecular formula is C17H28N2O. The monoisotopic (exact) mass is 276 g/mol. The highest BCUT2D eigenvalue weighted by atomic mass is 16.3. The second-order valence-corrected chi connectivity index (χ2v) is 6.38. The first-order chi connectivity index (χ1) is 9.49. The highest BCUT2D eigenvalue weighted by Gasteiger charge is 2.33. The lowest BCUT2D eigenvalue weighted by Crippen LogP contribution is -2.21. The number of nitrogens with zero attached hydrogens (tertiary/aromatic N) is 1. The van der Waals surface area contributed by atoms with Crippen molar-refractivity contribution in [3.63, 3.8) is 0 Å². The number of hydrogen-bond donors (Lipinski definition) is 2. The van der Waals surface area contributed by atoms with E-state index >= 15 is 0 Å². The number of hydrogen-bond acceptors (Lipinski definition) is 3. The smallest absolute Gasteiger partial charge is 0.123 e. The van der Waals surface area contributed by atoms with E-state index in [9.17, 15) is 5.11 Å². The summed E-state index contributed by atoms with van der Waals surface area (Å²) in [6.45, 7) is 8.23. The molecule has 1 aromatic rings. The molecule has 1 heterocycles. The first-order valence-corrected chi connectivity index (χ1v) is 7.74. The zero-order chi connectivity index (χ0) is 14.9. The number of phenols is 1. The van der Waals surface area contributed by atoms with Gasteiger partial charge in [0, 0.05) is 18.2 Å². The third-order valence-corrected chi connectivity index (χ3v) is 4.64. The Morgan fingerprint density at radius 1 is 1.40 bits per heavy atom. The van der Waals surface area contributed by atoms with Crippen molar-refractivity contribution in [2.75, 3.05) is 20.1 Å². The van der Waals surface area contributed by atoms with Gasteiger partial charge in [-0.1, -0.05) is 32.9 Å². The molecule has 0 amide bonds. The Morgan fingerprint density at radius 3 is 2.60 bits per heavy atom. The zero-order valence-corrected chi connectivity index (χ0v) is 13.2. The molecule has 2 rings (SSSR count). The number of aryl methyl sites for hydroxylation is 1. The molecule has 0 saturated carbocycles. The molecule has 0 spiro atoms. The fourth-order valence-corrected chi connectivity index (χ4v) is 3.42. The number of nitrogens with two attached hydrogens (primary N) is 1. The third kappa shape index (κ3) is 2.70. The van der Waals surface area contributed by atoms with Crippen LogP contribution in [-0.2, 0) is 6.42 Å². The molecular weight excluding hydrogens is 248 g/mol. The van der Waals surface area contributed by atoms with Gasteiger partial charge in [0.25, 0.3) is 0 Å². The molecule has 0 bridgehead atoms. The third-order valence-electron chi connectivity index (χ3n) is 4.64. The fraction of sp³-hybridized carbons (Fsp3) is 0.647. The SMILES string of the molecule is CCc1ccc(C(C)C)c(C2CC(CN)CN2C)c1O. The number of rotatable bonds is 4. The van der Waals surface area contributed by atoms with E-state index in [0.29, 0.717) is 23.6 Å². The first kappa shape index (κ1) is 15.3. The number of benzene rings is 1. The van der Waals surface area contributed by atoms with Crippen molar-refractivity contribution in [1.29, 1.82) is 0 Å². The maximum atomic E-state index is 10.7. The van der Waals surface area contributed by atoms with E-state index in [-0.39, 0.29) is 0 Å². The molecule has 2 atom stereocenters. The van der Waals surface area contributed by atoms with E-state index in [4.69, 9.17) is 5.73 Å². The molecule has 3 heteroatoms. The van der Waals surface area contributed by atoms with Crippen molar-refractivity contribution in [2.24, 2.45) is 11.7 Å². The average Bonchev–Trinajstić information content (AvgIpc) is 2.79. The summed E-state index contributed by atoms with van der Waals surface area (Å²) in [4.78, 5) is 2.35. The van der Waals surface area contributed by atoms with E-state index in [2.05, 4.69) is 44.9 Å². The van der Waals surface area contributed by atoms with Crippen molar-refractivity contribution in [1.82, 2.24) is 4.90 Å². The van der Waals surface area contributed by atoms with Gasteiger partial charge in [-0.25, -0.2) is 0 Å². The van der Waals surface area contributed by atoms with Crippen LogP contribution < -0.4 is 5.73 Å². The Bertz CT molecular complexity index is 470. The van der Waals surface area contributed by atoms with Crippen molar-refractivity contribution in [3.05, 3.63) is 28.8 Å². The number of phenolic OH excluding ortho intramolecular Hbond substituents is 1. The molecule has 20 heavy (non-hydrogen) atoms. The van der Waals surface area contributed by atoms with Crippen LogP contribution in [0.2, 0.25) is 0 Å². The molecule has 1 saturated heterocycles. The summed E-state index contributed by atoms with van der Waals surface area (Å²) in [6.07, 6.45) is 1.92. The molecule has 3 nitrogen and oxygen atoms in total. The summed E-state index contributed by atoms with van der Waals surface area (Å²) in [5, 5.41) is 10.7. The lowest BCUT2D eigenvalue weighted by Gasteiger charge is -2.26. The Kier molecular flexibility index (Phi) is 4.71. The van der Waals surface area contributed by atoms with Gasteiger partial charge in [-0.05, 0) is 49.4 Å². The fourth-order valence-electron chi connectivity index (χ4n) is 3.42. The topological polar surface area (TPSA) is 49.5 Å². The Morgan fingerprint density at radius 2 is 2.10 bits per heavy atom. The van der Waals surface area contributed by atoms with Crippen molar-refractivity contribution in [2.45, 2.75) is 45.6 Å². The number of aromatic hydroxyl groups is 1. The van der Waals surface area contributed by atoms with Crippen LogP contribution in [-0.4, -0.2) is 30.1 Å². The van der Waals surface area contributed by atoms with Gasteiger partial charge in [-0.2, -0.15) is 0 Å². The minimum atomic E-state index is 0.299. The average molecular weight is 276 g/mol. The highest BCUT2D eigenvalue weighted by molar-refractivity contribution is 5.49. The molecule has 0 aliphatic carbocycles. The van der Waals surface area contributed by atoms with Crippen molar-refractivity contribution < 1.29 is 5.11 Å². The highest BCUT2D eigenvalue weighted by Crippen LogP contribution is 2.43. The maximum Gasteiger partial charge on any atom is 0.123 e. The van der Waals surface area contributed by atoms with Gasteiger partial charge in [0.1, 0.15) is 5.75 Å². The molecule has 1 fully saturated rings. The van der Waals surface area contributed by atoms with E-state index in [0.717, 1.165) is 37.1 Å². The number of likely N-dealkylation sites (tertiary alicyclic amines) is 1. The predicted molar refractivity (Wildman–Crippen MR) is 84.1 cm³/mol. The summed E-state index contributed by atoms with van der Waals surface area (Å²) < 4.78 is 0. The minimum Gasteiger partial charge on any atom is -0.507 e. The molecule has 0 radical (unpaired) electrons. The normalized spacial score (nSPS) is 23.7. The maximum absolute atomic E-state index is 10.7. The van der Waals surface area contributed by atoms with Crippen LogP contribution in [0, 0.1) is 5.92 Å². The molecule has 2 unspecified atom stereocenters. The quantitative estimate of drug-likeness (QED) is 0.888. The van der Waals surface area contributed by atoms with E-state index in [1.807, 2.05) is 0 Å². The van der Waals surface area contributed by atoms with Gasteiger partial charge < -0.3 is 10.8 Å². The van der Waals surface area contributed by atoms with Crippen LogP contribution in [0.5, 0.6) is 5.75 Å². The summed E-state index contributed by atoms with van der Waals surface area (Å²) in [7, 11) is 2.14. The summed E-state index contributed by atoms with van der Waals surface area (Å²) >= 11 is 0. The Balaban J connectivity index is 2.48. The van der Waals surface area contributed by atoms with E-state index in [1.165, 1.54) is 5.56 Å². The van der Waals surface area contributed by atoms with Gasteiger partial charge in [-0.15, -0.1) is 0 Å². The van der Waals surface area contributed by atoms with Gasteiger partial charge in [-0.3, -0.25) is 4.90 Å². The van der Waals surface area contributed by atoms with E-state index in [1.54, 1.807) is 0 Å². The zero-order valence-electron chi connectivity index (χ0n) is 13.2. The van der Waals surface area contributed by atoms with E-state index < -0.39 is 0 Å². The molecule has 1 aliphatic heterocycles.